The smallest absolute Gasteiger partial charge is 0.191 e. The number of guanidine groups is 1. The topological polar surface area (TPSA) is 39.7 Å². The first-order valence-electron chi connectivity index (χ1n) is 8.83. The molecule has 0 unspecified atom stereocenters. The molecule has 1 saturated heterocycles. The minimum atomic E-state index is -0.442. The lowest BCUT2D eigenvalue weighted by atomic mass is 10.1. The first-order chi connectivity index (χ1) is 11.6. The summed E-state index contributed by atoms with van der Waals surface area (Å²) in [5.74, 6) is -0.207. The Kier molecular flexibility index (Phi) is 7.43. The van der Waals surface area contributed by atoms with Gasteiger partial charge in [0.2, 0.25) is 0 Å². The predicted molar refractivity (Wildman–Crippen MR) is 94.1 cm³/mol. The number of aliphatic imine (C=N–C) groups is 1. The van der Waals surface area contributed by atoms with Gasteiger partial charge in [0, 0.05) is 31.2 Å². The monoisotopic (exact) mass is 338 g/mol. The molecule has 134 valence electrons. The molecule has 1 aliphatic heterocycles. The molecule has 0 aliphatic carbocycles. The zero-order valence-electron chi connectivity index (χ0n) is 14.6. The van der Waals surface area contributed by atoms with E-state index in [9.17, 15) is 8.78 Å². The normalized spacial score (nSPS) is 17.1. The van der Waals surface area contributed by atoms with Gasteiger partial charge in [-0.2, -0.15) is 0 Å². The Morgan fingerprint density at radius 3 is 2.67 bits per heavy atom. The van der Waals surface area contributed by atoms with Gasteiger partial charge < -0.3 is 15.5 Å². The predicted octanol–water partition coefficient (Wildman–Crippen LogP) is 2.89. The Morgan fingerprint density at radius 1 is 1.25 bits per heavy atom. The number of halogens is 2. The van der Waals surface area contributed by atoms with Crippen LogP contribution in [-0.4, -0.2) is 43.1 Å². The Balaban J connectivity index is 1.92. The highest BCUT2D eigenvalue weighted by molar-refractivity contribution is 5.80. The number of nitrogens with one attached hydrogen (secondary N) is 2. The lowest BCUT2D eigenvalue weighted by Gasteiger charge is -2.32. The fourth-order valence-electron chi connectivity index (χ4n) is 2.96. The number of hydrogen-bond donors (Lipinski definition) is 2. The van der Waals surface area contributed by atoms with Gasteiger partial charge in [-0.1, -0.05) is 6.92 Å². The van der Waals surface area contributed by atoms with Crippen LogP contribution in [0.25, 0.3) is 0 Å². The summed E-state index contributed by atoms with van der Waals surface area (Å²) in [6.07, 6.45) is 3.32. The summed E-state index contributed by atoms with van der Waals surface area (Å²) < 4.78 is 26.9. The number of likely N-dealkylation sites (tertiary alicyclic amines) is 1. The van der Waals surface area contributed by atoms with E-state index in [-0.39, 0.29) is 12.1 Å². The van der Waals surface area contributed by atoms with Crippen LogP contribution in [0.3, 0.4) is 0 Å². The van der Waals surface area contributed by atoms with E-state index in [1.807, 2.05) is 6.92 Å². The molecule has 0 bridgehead atoms. The number of hydrogen-bond acceptors (Lipinski definition) is 2. The second-order valence-electron chi connectivity index (χ2n) is 6.19. The summed E-state index contributed by atoms with van der Waals surface area (Å²) in [4.78, 5) is 6.89. The van der Waals surface area contributed by atoms with Gasteiger partial charge in [-0.15, -0.1) is 0 Å². The van der Waals surface area contributed by atoms with Crippen LogP contribution in [0.5, 0.6) is 0 Å². The van der Waals surface area contributed by atoms with E-state index in [0.29, 0.717) is 12.0 Å². The zero-order chi connectivity index (χ0) is 17.4. The van der Waals surface area contributed by atoms with Crippen molar-refractivity contribution in [2.75, 3.05) is 26.2 Å². The van der Waals surface area contributed by atoms with Crippen LogP contribution in [0.2, 0.25) is 0 Å². The molecule has 24 heavy (non-hydrogen) atoms. The molecule has 0 saturated carbocycles. The summed E-state index contributed by atoms with van der Waals surface area (Å²) in [5, 5.41) is 6.60. The van der Waals surface area contributed by atoms with E-state index in [0.717, 1.165) is 51.2 Å². The summed E-state index contributed by atoms with van der Waals surface area (Å²) in [6, 6.07) is 3.83. The fourth-order valence-corrected chi connectivity index (χ4v) is 2.96. The number of nitrogens with zero attached hydrogens (tertiary/aromatic N) is 2. The Hall–Kier alpha value is -1.69. The van der Waals surface area contributed by atoms with Crippen molar-refractivity contribution in [1.82, 2.24) is 15.5 Å². The zero-order valence-corrected chi connectivity index (χ0v) is 14.6. The molecule has 0 aromatic heterocycles. The lowest BCUT2D eigenvalue weighted by Crippen LogP contribution is -2.48. The van der Waals surface area contributed by atoms with E-state index >= 15 is 0 Å². The van der Waals surface area contributed by atoms with Gasteiger partial charge in [-0.3, -0.25) is 0 Å². The molecule has 2 N–H and O–H groups in total. The molecular weight excluding hydrogens is 310 g/mol. The highest BCUT2D eigenvalue weighted by atomic mass is 19.1. The number of benzene rings is 1. The van der Waals surface area contributed by atoms with E-state index in [1.165, 1.54) is 12.5 Å². The van der Waals surface area contributed by atoms with Crippen molar-refractivity contribution in [3.8, 4) is 0 Å². The van der Waals surface area contributed by atoms with Crippen molar-refractivity contribution in [3.63, 3.8) is 0 Å². The molecule has 2 rings (SSSR count). The fraction of sp³-hybridized carbons (Fsp3) is 0.611. The Bertz CT molecular complexity index is 540. The molecule has 1 aromatic carbocycles. The number of piperidine rings is 1. The van der Waals surface area contributed by atoms with Crippen molar-refractivity contribution in [2.24, 2.45) is 4.99 Å². The van der Waals surface area contributed by atoms with Gasteiger partial charge >= 0.3 is 0 Å². The third-order valence-electron chi connectivity index (χ3n) is 4.23. The maximum absolute atomic E-state index is 13.7. The van der Waals surface area contributed by atoms with Crippen molar-refractivity contribution < 1.29 is 8.78 Å². The first kappa shape index (κ1) is 18.6. The molecule has 1 aliphatic rings. The molecule has 1 fully saturated rings. The molecule has 0 atom stereocenters. The first-order valence-corrected chi connectivity index (χ1v) is 8.83. The Morgan fingerprint density at radius 2 is 2.00 bits per heavy atom. The van der Waals surface area contributed by atoms with Gasteiger partial charge in [0.05, 0.1) is 6.54 Å². The minimum Gasteiger partial charge on any atom is -0.357 e. The van der Waals surface area contributed by atoms with Gasteiger partial charge in [-0.25, -0.2) is 13.8 Å². The third kappa shape index (κ3) is 5.74. The van der Waals surface area contributed by atoms with Gasteiger partial charge in [0.25, 0.3) is 0 Å². The maximum atomic E-state index is 13.7. The summed E-state index contributed by atoms with van der Waals surface area (Å²) in [7, 11) is 0. The van der Waals surface area contributed by atoms with Crippen molar-refractivity contribution in [1.29, 1.82) is 0 Å². The number of rotatable bonds is 6. The molecule has 6 heteroatoms. The summed E-state index contributed by atoms with van der Waals surface area (Å²) in [6.45, 7) is 8.36. The summed E-state index contributed by atoms with van der Waals surface area (Å²) >= 11 is 0. The molecule has 0 spiro atoms. The average Bonchev–Trinajstić information content (AvgIpc) is 2.57. The van der Waals surface area contributed by atoms with E-state index in [2.05, 4.69) is 27.4 Å². The second-order valence-corrected chi connectivity index (χ2v) is 6.19. The maximum Gasteiger partial charge on any atom is 0.191 e. The standard InChI is InChI=1S/C18H28F2N4/c1-3-9-24-10-7-16(8-11-24)23-18(21-4-2)22-13-14-12-15(19)5-6-17(14)20/h5-6,12,16H,3-4,7-11,13H2,1-2H3,(H2,21,22,23). The minimum absolute atomic E-state index is 0.119. The van der Waals surface area contributed by atoms with Crippen molar-refractivity contribution in [3.05, 3.63) is 35.4 Å². The van der Waals surface area contributed by atoms with Crippen LogP contribution in [-0.2, 0) is 6.54 Å². The van der Waals surface area contributed by atoms with E-state index < -0.39 is 11.6 Å². The van der Waals surface area contributed by atoms with E-state index in [1.54, 1.807) is 0 Å². The Labute approximate surface area is 143 Å². The molecule has 0 radical (unpaired) electrons. The highest BCUT2D eigenvalue weighted by Gasteiger charge is 2.19. The van der Waals surface area contributed by atoms with Crippen LogP contribution in [0.1, 0.15) is 38.7 Å². The molecule has 1 heterocycles. The lowest BCUT2D eigenvalue weighted by molar-refractivity contribution is 0.206. The van der Waals surface area contributed by atoms with Crippen LogP contribution in [0.15, 0.2) is 23.2 Å². The quantitative estimate of drug-likeness (QED) is 0.619. The van der Waals surface area contributed by atoms with Crippen molar-refractivity contribution >= 4 is 5.96 Å². The van der Waals surface area contributed by atoms with Crippen LogP contribution in [0, 0.1) is 11.6 Å². The van der Waals surface area contributed by atoms with Crippen molar-refractivity contribution in [2.45, 2.75) is 45.7 Å². The largest absolute Gasteiger partial charge is 0.357 e. The van der Waals surface area contributed by atoms with Gasteiger partial charge in [0.1, 0.15) is 11.6 Å². The molecule has 4 nitrogen and oxygen atoms in total. The van der Waals surface area contributed by atoms with E-state index in [4.69, 9.17) is 0 Å². The average molecular weight is 338 g/mol. The molecule has 0 amide bonds. The molecule has 1 aromatic rings. The van der Waals surface area contributed by atoms with Crippen LogP contribution < -0.4 is 10.6 Å². The second kappa shape index (κ2) is 9.57. The third-order valence-corrected chi connectivity index (χ3v) is 4.23. The highest BCUT2D eigenvalue weighted by Crippen LogP contribution is 2.12. The SMILES string of the molecule is CCCN1CCC(NC(=NCc2cc(F)ccc2F)NCC)CC1. The molecular formula is C18H28F2N4. The van der Waals surface area contributed by atoms with Crippen LogP contribution in [0.4, 0.5) is 8.78 Å². The van der Waals surface area contributed by atoms with Gasteiger partial charge in [0.15, 0.2) is 5.96 Å². The van der Waals surface area contributed by atoms with Crippen LogP contribution >= 0.6 is 0 Å². The summed E-state index contributed by atoms with van der Waals surface area (Å²) in [5.41, 5.74) is 0.268. The van der Waals surface area contributed by atoms with Gasteiger partial charge in [-0.05, 0) is 50.9 Å².